The Morgan fingerprint density at radius 1 is 0.826 bits per heavy atom. The summed E-state index contributed by atoms with van der Waals surface area (Å²) in [6.07, 6.45) is 9.74. The van der Waals surface area contributed by atoms with Gasteiger partial charge in [0, 0.05) is 6.42 Å². The summed E-state index contributed by atoms with van der Waals surface area (Å²) in [6, 6.07) is 6.35. The van der Waals surface area contributed by atoms with Crippen molar-refractivity contribution in [1.82, 2.24) is 0 Å². The van der Waals surface area contributed by atoms with Crippen LogP contribution in [0.4, 0.5) is 0 Å². The summed E-state index contributed by atoms with van der Waals surface area (Å²) in [5.74, 6) is -0.713. The first-order chi connectivity index (χ1) is 10.9. The first kappa shape index (κ1) is 19.6. The van der Waals surface area contributed by atoms with Crippen LogP contribution in [-0.2, 0) is 21.3 Å². The Morgan fingerprint density at radius 2 is 1.30 bits per heavy atom. The quantitative estimate of drug-likeness (QED) is 0.441. The van der Waals surface area contributed by atoms with Crippen molar-refractivity contribution in [3.05, 3.63) is 29.8 Å². The molecular formula is C17H26O5S. The zero-order valence-corrected chi connectivity index (χ0v) is 14.2. The smallest absolute Gasteiger partial charge is 0.303 e. The molecule has 1 aromatic carbocycles. The third kappa shape index (κ3) is 9.36. The molecule has 0 spiro atoms. The molecule has 0 bridgehead atoms. The van der Waals surface area contributed by atoms with Crippen molar-refractivity contribution in [3.63, 3.8) is 0 Å². The molecule has 0 unspecified atom stereocenters. The topological polar surface area (TPSA) is 91.7 Å². The van der Waals surface area contributed by atoms with Crippen LogP contribution in [0.1, 0.15) is 63.4 Å². The fraction of sp³-hybridized carbons (Fsp3) is 0.588. The Balaban J connectivity index is 2.04. The lowest BCUT2D eigenvalue weighted by Crippen LogP contribution is -1.98. The van der Waals surface area contributed by atoms with Crippen LogP contribution in [0.25, 0.3) is 0 Å². The number of carboxylic acids is 1. The molecule has 0 radical (unpaired) electrons. The standard InChI is InChI=1S/C17H26O5S/c18-17(19)10-8-6-4-2-1-3-5-7-9-15-11-13-16(14-12-15)23(20,21)22/h11-14H,1-10H2,(H,18,19)(H,20,21,22). The number of unbranched alkanes of at least 4 members (excludes halogenated alkanes) is 7. The molecule has 0 fully saturated rings. The molecule has 5 nitrogen and oxygen atoms in total. The number of hydrogen-bond acceptors (Lipinski definition) is 3. The number of rotatable bonds is 12. The van der Waals surface area contributed by atoms with E-state index < -0.39 is 16.1 Å². The fourth-order valence-electron chi connectivity index (χ4n) is 2.49. The normalized spacial score (nSPS) is 11.5. The average molecular weight is 342 g/mol. The molecule has 0 aliphatic carbocycles. The second-order valence-corrected chi connectivity index (χ2v) is 7.26. The van der Waals surface area contributed by atoms with Crippen LogP contribution in [0.2, 0.25) is 0 Å². The Labute approximate surface area is 138 Å². The number of aryl methyl sites for hydroxylation is 1. The van der Waals surface area contributed by atoms with Gasteiger partial charge >= 0.3 is 5.97 Å². The van der Waals surface area contributed by atoms with Gasteiger partial charge < -0.3 is 5.11 Å². The molecule has 0 aliphatic heterocycles. The van der Waals surface area contributed by atoms with Crippen LogP contribution in [0.15, 0.2) is 29.2 Å². The third-order valence-corrected chi connectivity index (χ3v) is 4.70. The zero-order valence-electron chi connectivity index (χ0n) is 13.4. The summed E-state index contributed by atoms with van der Waals surface area (Å²) >= 11 is 0. The maximum absolute atomic E-state index is 10.9. The van der Waals surface area contributed by atoms with E-state index in [9.17, 15) is 13.2 Å². The second kappa shape index (κ2) is 10.4. The number of carbonyl (C=O) groups is 1. The van der Waals surface area contributed by atoms with Crippen molar-refractivity contribution >= 4 is 16.1 Å². The van der Waals surface area contributed by atoms with Gasteiger partial charge in [-0.25, -0.2) is 0 Å². The molecule has 0 heterocycles. The largest absolute Gasteiger partial charge is 0.481 e. The lowest BCUT2D eigenvalue weighted by atomic mass is 10.0. The molecule has 130 valence electrons. The average Bonchev–Trinajstić information content (AvgIpc) is 2.48. The molecule has 0 saturated heterocycles. The first-order valence-corrected chi connectivity index (χ1v) is 9.62. The Hall–Kier alpha value is -1.40. The molecule has 23 heavy (non-hydrogen) atoms. The van der Waals surface area contributed by atoms with Crippen LogP contribution in [0, 0.1) is 0 Å². The minimum atomic E-state index is -4.10. The molecule has 1 aromatic rings. The van der Waals surface area contributed by atoms with E-state index in [0.717, 1.165) is 50.5 Å². The monoisotopic (exact) mass is 342 g/mol. The summed E-state index contributed by atoms with van der Waals surface area (Å²) in [6.45, 7) is 0. The van der Waals surface area contributed by atoms with E-state index in [-0.39, 0.29) is 11.3 Å². The van der Waals surface area contributed by atoms with Gasteiger partial charge in [0.2, 0.25) is 0 Å². The van der Waals surface area contributed by atoms with Gasteiger partial charge in [-0.2, -0.15) is 8.42 Å². The first-order valence-electron chi connectivity index (χ1n) is 8.18. The highest BCUT2D eigenvalue weighted by molar-refractivity contribution is 7.85. The Kier molecular flexibility index (Phi) is 8.87. The maximum atomic E-state index is 10.9. The summed E-state index contributed by atoms with van der Waals surface area (Å²) < 4.78 is 30.8. The number of benzene rings is 1. The van der Waals surface area contributed by atoms with Crippen molar-refractivity contribution < 1.29 is 22.9 Å². The van der Waals surface area contributed by atoms with Crippen LogP contribution < -0.4 is 0 Å². The van der Waals surface area contributed by atoms with Crippen LogP contribution in [-0.4, -0.2) is 24.0 Å². The number of carboxylic acid groups (broad SMARTS) is 1. The summed E-state index contributed by atoms with van der Waals surface area (Å²) in [5, 5.41) is 8.52. The minimum Gasteiger partial charge on any atom is -0.481 e. The van der Waals surface area contributed by atoms with Crippen molar-refractivity contribution in [2.24, 2.45) is 0 Å². The predicted molar refractivity (Wildman–Crippen MR) is 89.1 cm³/mol. The van der Waals surface area contributed by atoms with Gasteiger partial charge in [-0.1, -0.05) is 50.7 Å². The van der Waals surface area contributed by atoms with E-state index in [1.54, 1.807) is 12.1 Å². The third-order valence-electron chi connectivity index (χ3n) is 3.83. The van der Waals surface area contributed by atoms with Crippen molar-refractivity contribution in [2.75, 3.05) is 0 Å². The van der Waals surface area contributed by atoms with E-state index in [0.29, 0.717) is 0 Å². The highest BCUT2D eigenvalue weighted by atomic mass is 32.2. The van der Waals surface area contributed by atoms with E-state index in [2.05, 4.69) is 0 Å². The Bertz CT molecular complexity index is 563. The van der Waals surface area contributed by atoms with E-state index in [4.69, 9.17) is 9.66 Å². The lowest BCUT2D eigenvalue weighted by Gasteiger charge is -2.04. The summed E-state index contributed by atoms with van der Waals surface area (Å²) in [7, 11) is -4.10. The molecule has 0 saturated carbocycles. The fourth-order valence-corrected chi connectivity index (χ4v) is 2.97. The molecule has 0 aromatic heterocycles. The van der Waals surface area contributed by atoms with Gasteiger partial charge in [-0.15, -0.1) is 0 Å². The highest BCUT2D eigenvalue weighted by Gasteiger charge is 2.08. The van der Waals surface area contributed by atoms with Crippen molar-refractivity contribution in [2.45, 2.75) is 69.1 Å². The molecule has 0 aliphatic rings. The van der Waals surface area contributed by atoms with Crippen LogP contribution in [0.3, 0.4) is 0 Å². The lowest BCUT2D eigenvalue weighted by molar-refractivity contribution is -0.137. The molecule has 0 amide bonds. The van der Waals surface area contributed by atoms with E-state index >= 15 is 0 Å². The van der Waals surface area contributed by atoms with Gasteiger partial charge in [0.15, 0.2) is 0 Å². The van der Waals surface area contributed by atoms with E-state index in [1.165, 1.54) is 25.0 Å². The molecule has 0 atom stereocenters. The van der Waals surface area contributed by atoms with Crippen LogP contribution >= 0.6 is 0 Å². The number of aliphatic carboxylic acids is 1. The van der Waals surface area contributed by atoms with Crippen molar-refractivity contribution in [3.8, 4) is 0 Å². The minimum absolute atomic E-state index is 0.0656. The van der Waals surface area contributed by atoms with Gasteiger partial charge in [-0.3, -0.25) is 9.35 Å². The summed E-state index contributed by atoms with van der Waals surface area (Å²) in [4.78, 5) is 10.3. The molecule has 6 heteroatoms. The Morgan fingerprint density at radius 3 is 1.78 bits per heavy atom. The van der Waals surface area contributed by atoms with E-state index in [1.807, 2.05) is 0 Å². The molecular weight excluding hydrogens is 316 g/mol. The highest BCUT2D eigenvalue weighted by Crippen LogP contribution is 2.14. The number of hydrogen-bond donors (Lipinski definition) is 2. The predicted octanol–water partition coefficient (Wildman–Crippen LogP) is 4.07. The SMILES string of the molecule is O=C(O)CCCCCCCCCCc1ccc(S(=O)(=O)O)cc1. The molecule has 2 N–H and O–H groups in total. The molecule has 1 rings (SSSR count). The second-order valence-electron chi connectivity index (χ2n) is 5.84. The van der Waals surface area contributed by atoms with Crippen LogP contribution in [0.5, 0.6) is 0 Å². The van der Waals surface area contributed by atoms with Gasteiger partial charge in [0.25, 0.3) is 10.1 Å². The maximum Gasteiger partial charge on any atom is 0.303 e. The van der Waals surface area contributed by atoms with Gasteiger partial charge in [-0.05, 0) is 37.0 Å². The summed E-state index contributed by atoms with van der Waals surface area (Å²) in [5.41, 5.74) is 1.08. The van der Waals surface area contributed by atoms with Gasteiger partial charge in [0.05, 0.1) is 4.90 Å². The van der Waals surface area contributed by atoms with Crippen molar-refractivity contribution in [1.29, 1.82) is 0 Å². The zero-order chi connectivity index (χ0) is 17.1. The van der Waals surface area contributed by atoms with Gasteiger partial charge in [0.1, 0.15) is 0 Å².